The molecule has 1 aliphatic heterocycles. The van der Waals surface area contributed by atoms with Gasteiger partial charge in [0.15, 0.2) is 0 Å². The Labute approximate surface area is 133 Å². The summed E-state index contributed by atoms with van der Waals surface area (Å²) in [6.07, 6.45) is -0.951. The zero-order valence-electron chi connectivity index (χ0n) is 13.3. The van der Waals surface area contributed by atoms with Crippen molar-refractivity contribution in [1.82, 2.24) is 5.32 Å². The van der Waals surface area contributed by atoms with Gasteiger partial charge in [0.2, 0.25) is 0 Å². The average molecular weight is 415 g/mol. The topological polar surface area (TPSA) is 58.6 Å². The van der Waals surface area contributed by atoms with Gasteiger partial charge in [-0.25, -0.2) is 0 Å². The Balaban J connectivity index is 2.17. The van der Waals surface area contributed by atoms with Gasteiger partial charge in [-0.05, 0) is 0 Å². The van der Waals surface area contributed by atoms with Gasteiger partial charge in [0.1, 0.15) is 0 Å². The number of benzene rings is 1. The first-order valence-electron chi connectivity index (χ1n) is 7.30. The molecule has 2 amide bonds. The Morgan fingerprint density at radius 1 is 1.45 bits per heavy atom. The van der Waals surface area contributed by atoms with Gasteiger partial charge in [-0.15, -0.1) is 0 Å². The predicted octanol–water partition coefficient (Wildman–Crippen LogP) is 2.18. The quantitative estimate of drug-likeness (QED) is 0.768. The molecule has 1 aromatic carbocycles. The van der Waals surface area contributed by atoms with Crippen LogP contribution in [0.1, 0.15) is 13.3 Å². The number of ether oxygens (including phenoxy) is 1. The first-order valence-corrected chi connectivity index (χ1v) is 17.3. The van der Waals surface area contributed by atoms with Crippen LogP contribution in [0.25, 0.3) is 0 Å². The molecule has 0 spiro atoms. The number of cyclic esters (lactones) is 1. The molecule has 0 unspecified atom stereocenters. The molecule has 1 atom stereocenters. The molecule has 1 N–H and O–H groups in total. The summed E-state index contributed by atoms with van der Waals surface area (Å²) in [5.41, 5.74) is 0.454. The number of halogens is 1. The van der Waals surface area contributed by atoms with Crippen molar-refractivity contribution in [3.8, 4) is 0 Å². The zero-order valence-corrected chi connectivity index (χ0v) is 16.1. The van der Waals surface area contributed by atoms with Crippen LogP contribution in [-0.4, -0.2) is 43.2 Å². The molecule has 0 aromatic heterocycles. The van der Waals surface area contributed by atoms with Crippen molar-refractivity contribution in [3.05, 3.63) is 24.0 Å². The van der Waals surface area contributed by atoms with Crippen molar-refractivity contribution in [2.75, 3.05) is 11.4 Å². The number of amides is 2. The van der Waals surface area contributed by atoms with Crippen LogP contribution in [0.15, 0.2) is 18.2 Å². The van der Waals surface area contributed by atoms with E-state index in [2.05, 4.69) is 20.1 Å². The Hall–Kier alpha value is -1.31. The first-order chi connectivity index (χ1) is 10.2. The van der Waals surface area contributed by atoms with Crippen molar-refractivity contribution in [2.24, 2.45) is 0 Å². The first kappa shape index (κ1) is 17.0. The van der Waals surface area contributed by atoms with E-state index in [-0.39, 0.29) is 18.3 Å². The van der Waals surface area contributed by atoms with Crippen LogP contribution in [0.2, 0.25) is 14.8 Å². The Bertz CT molecular complexity index is 601. The fraction of sp³-hybridized carbons (Fsp3) is 0.467. The minimum atomic E-state index is -2.51. The molecule has 1 saturated heterocycles. The van der Waals surface area contributed by atoms with Gasteiger partial charge in [0.25, 0.3) is 0 Å². The Kier molecular flexibility index (Phi) is 4.99. The summed E-state index contributed by atoms with van der Waals surface area (Å²) in [6.45, 7) is 1.90. The molecule has 5 nitrogen and oxygen atoms in total. The number of hydrogen-bond acceptors (Lipinski definition) is 3. The van der Waals surface area contributed by atoms with Crippen molar-refractivity contribution < 1.29 is 18.7 Å². The number of hydrogen-bond donors (Lipinski definition) is 1. The van der Waals surface area contributed by atoms with E-state index >= 15 is 0 Å². The molecule has 0 saturated carbocycles. The third-order valence-corrected chi connectivity index (χ3v) is 9.30. The van der Waals surface area contributed by atoms with Crippen molar-refractivity contribution >= 4 is 39.6 Å². The normalized spacial score (nSPS) is 18.3. The van der Waals surface area contributed by atoms with Crippen molar-refractivity contribution in [3.63, 3.8) is 0 Å². The van der Waals surface area contributed by atoms with Gasteiger partial charge < -0.3 is 0 Å². The van der Waals surface area contributed by atoms with Gasteiger partial charge in [-0.1, -0.05) is 0 Å². The van der Waals surface area contributed by atoms with E-state index in [9.17, 15) is 14.0 Å². The van der Waals surface area contributed by atoms with Crippen molar-refractivity contribution in [2.45, 2.75) is 34.4 Å². The number of nitrogens with zero attached hydrogens (tertiary/aromatic N) is 1. The summed E-state index contributed by atoms with van der Waals surface area (Å²) in [5.74, 6) is -0.461. The molecule has 2 rings (SSSR count). The Morgan fingerprint density at radius 3 is 2.68 bits per heavy atom. The van der Waals surface area contributed by atoms with E-state index in [0.29, 0.717) is 12.1 Å². The molecule has 7 heteroatoms. The molecule has 1 aromatic rings. The van der Waals surface area contributed by atoms with Crippen LogP contribution in [0.3, 0.4) is 0 Å². The molecular weight excluding hydrogens is 394 g/mol. The third-order valence-electron chi connectivity index (χ3n) is 3.53. The van der Waals surface area contributed by atoms with E-state index in [1.54, 1.807) is 19.1 Å². The molecule has 1 aliphatic rings. The van der Waals surface area contributed by atoms with Crippen LogP contribution in [-0.2, 0) is 9.53 Å². The molecule has 0 bridgehead atoms. The van der Waals surface area contributed by atoms with Crippen LogP contribution < -0.4 is 13.8 Å². The number of anilines is 1. The van der Waals surface area contributed by atoms with Gasteiger partial charge in [0.05, 0.1) is 0 Å². The molecule has 0 aliphatic carbocycles. The van der Waals surface area contributed by atoms with Gasteiger partial charge in [-0.2, -0.15) is 0 Å². The summed E-state index contributed by atoms with van der Waals surface area (Å²) < 4.78 is 20.2. The third kappa shape index (κ3) is 3.71. The van der Waals surface area contributed by atoms with E-state index in [0.717, 1.165) is 3.58 Å². The number of carbonyl (C=O) groups is 2. The summed E-state index contributed by atoms with van der Waals surface area (Å²) in [5, 5.41) is 2.60. The summed E-state index contributed by atoms with van der Waals surface area (Å²) in [7, 11) is 0. The summed E-state index contributed by atoms with van der Waals surface area (Å²) >= 11 is -2.51. The minimum absolute atomic E-state index is 0.183. The van der Waals surface area contributed by atoms with Gasteiger partial charge in [-0.3, -0.25) is 0 Å². The monoisotopic (exact) mass is 416 g/mol. The summed E-state index contributed by atoms with van der Waals surface area (Å²) in [4.78, 5) is 31.0. The molecule has 1 fully saturated rings. The molecule has 22 heavy (non-hydrogen) atoms. The van der Waals surface area contributed by atoms with E-state index in [4.69, 9.17) is 4.74 Å². The Morgan fingerprint density at radius 2 is 2.14 bits per heavy atom. The van der Waals surface area contributed by atoms with Crippen LogP contribution in [0.4, 0.5) is 14.9 Å². The molecular formula is C15H21FN2O3Sn. The standard InChI is InChI=1S/C12H12FN2O3.3CH3.Sn/c1-2-10(16)14-11-7-15(12(17)18-11)9-5-3-4-8(13)6-9;;;;/h3,5-6,11H,2,7H2,1H3,(H,14,16);3*1H3;/t11-;;;;/m0..../s1. The van der Waals surface area contributed by atoms with Crippen LogP contribution in [0, 0.1) is 5.82 Å². The number of carbonyl (C=O) groups excluding carboxylic acids is 2. The van der Waals surface area contributed by atoms with E-state index in [1.165, 1.54) is 11.0 Å². The zero-order chi connectivity index (χ0) is 16.5. The van der Waals surface area contributed by atoms with Crippen LogP contribution in [0.5, 0.6) is 0 Å². The van der Waals surface area contributed by atoms with E-state index < -0.39 is 30.7 Å². The van der Waals surface area contributed by atoms with Crippen molar-refractivity contribution in [1.29, 1.82) is 0 Å². The maximum atomic E-state index is 14.3. The second kappa shape index (κ2) is 6.44. The molecule has 1 heterocycles. The number of nitrogens with one attached hydrogen (secondary N) is 1. The SMILES string of the molecule is CCC(=O)N[C@@H]1CN(c2cc[c]([Sn]([CH3])([CH3])[CH3])c(F)c2)C(=O)O1. The number of rotatable bonds is 4. The maximum absolute atomic E-state index is 14.3. The predicted molar refractivity (Wildman–Crippen MR) is 85.4 cm³/mol. The van der Waals surface area contributed by atoms with Gasteiger partial charge >= 0.3 is 134 Å². The second-order valence-electron chi connectivity index (χ2n) is 6.32. The molecule has 120 valence electrons. The second-order valence-corrected chi connectivity index (χ2v) is 20.7. The average Bonchev–Trinajstić information content (AvgIpc) is 2.77. The fourth-order valence-corrected chi connectivity index (χ4v) is 6.23. The molecule has 0 radical (unpaired) electrons. The summed E-state index contributed by atoms with van der Waals surface area (Å²) in [6, 6.07) is 4.89. The van der Waals surface area contributed by atoms with Crippen LogP contribution >= 0.6 is 0 Å². The van der Waals surface area contributed by atoms with E-state index in [1.807, 2.05) is 0 Å². The van der Waals surface area contributed by atoms with Gasteiger partial charge in [0, 0.05) is 0 Å². The fourth-order valence-electron chi connectivity index (χ4n) is 2.31.